The lowest BCUT2D eigenvalue weighted by molar-refractivity contribution is 0.0593. The quantitative estimate of drug-likeness (QED) is 0.818. The maximum atomic E-state index is 11.2. The molecule has 0 saturated carbocycles. The van der Waals surface area contributed by atoms with Gasteiger partial charge < -0.3 is 10.1 Å². The number of aryl methyl sites for hydroxylation is 1. The van der Waals surface area contributed by atoms with E-state index in [1.807, 2.05) is 13.0 Å². The fourth-order valence-electron chi connectivity index (χ4n) is 1.41. The van der Waals surface area contributed by atoms with Gasteiger partial charge in [0.25, 0.3) is 0 Å². The van der Waals surface area contributed by atoms with Crippen LogP contribution in [0.3, 0.4) is 0 Å². The molecule has 0 saturated heterocycles. The molecule has 0 fully saturated rings. The third kappa shape index (κ3) is 3.44. The van der Waals surface area contributed by atoms with Crippen LogP contribution in [-0.4, -0.2) is 33.0 Å². The third-order valence-corrected chi connectivity index (χ3v) is 2.33. The maximum Gasteiger partial charge on any atom is 0.358 e. The van der Waals surface area contributed by atoms with Crippen molar-refractivity contribution in [2.75, 3.05) is 12.4 Å². The summed E-state index contributed by atoms with van der Waals surface area (Å²) in [5.41, 5.74) is 1.03. The lowest BCUT2D eigenvalue weighted by Gasteiger charge is -2.05. The standard InChI is InChI=1S/C12H13N5O2/c1-8-13-4-3-9(17-8)5-15-11-7-14-10(6-16-11)12(18)19-2/h3-4,6-7H,5H2,1-2H3,(H,15,16). The lowest BCUT2D eigenvalue weighted by Crippen LogP contribution is -2.08. The van der Waals surface area contributed by atoms with Crippen LogP contribution in [0.5, 0.6) is 0 Å². The molecule has 2 aromatic rings. The van der Waals surface area contributed by atoms with Gasteiger partial charge >= 0.3 is 5.97 Å². The van der Waals surface area contributed by atoms with Crippen molar-refractivity contribution in [2.24, 2.45) is 0 Å². The van der Waals surface area contributed by atoms with Crippen LogP contribution in [-0.2, 0) is 11.3 Å². The van der Waals surface area contributed by atoms with Gasteiger partial charge in [0, 0.05) is 6.20 Å². The molecule has 0 spiro atoms. The van der Waals surface area contributed by atoms with Gasteiger partial charge in [-0.05, 0) is 13.0 Å². The monoisotopic (exact) mass is 259 g/mol. The van der Waals surface area contributed by atoms with E-state index in [4.69, 9.17) is 0 Å². The normalized spacial score (nSPS) is 10.0. The van der Waals surface area contributed by atoms with Crippen molar-refractivity contribution in [1.82, 2.24) is 19.9 Å². The van der Waals surface area contributed by atoms with E-state index in [9.17, 15) is 4.79 Å². The number of methoxy groups -OCH3 is 1. The van der Waals surface area contributed by atoms with Crippen molar-refractivity contribution < 1.29 is 9.53 Å². The predicted octanol–water partition coefficient (Wildman–Crippen LogP) is 0.974. The van der Waals surface area contributed by atoms with Gasteiger partial charge in [-0.25, -0.2) is 24.7 Å². The largest absolute Gasteiger partial charge is 0.464 e. The Balaban J connectivity index is 1.98. The van der Waals surface area contributed by atoms with Gasteiger partial charge in [-0.3, -0.25) is 0 Å². The van der Waals surface area contributed by atoms with Gasteiger partial charge in [-0.2, -0.15) is 0 Å². The minimum atomic E-state index is -0.509. The molecule has 7 nitrogen and oxygen atoms in total. The van der Waals surface area contributed by atoms with Crippen LogP contribution in [0.4, 0.5) is 5.82 Å². The molecule has 0 aromatic carbocycles. The first kappa shape index (κ1) is 12.9. The van der Waals surface area contributed by atoms with Gasteiger partial charge in [0.15, 0.2) is 5.69 Å². The van der Waals surface area contributed by atoms with Crippen LogP contribution in [0.1, 0.15) is 22.0 Å². The van der Waals surface area contributed by atoms with E-state index >= 15 is 0 Å². The molecule has 2 rings (SSSR count). The van der Waals surface area contributed by atoms with Crippen LogP contribution in [0, 0.1) is 6.92 Å². The summed E-state index contributed by atoms with van der Waals surface area (Å²) in [5.74, 6) is 0.765. The highest BCUT2D eigenvalue weighted by Gasteiger charge is 2.07. The van der Waals surface area contributed by atoms with E-state index in [1.165, 1.54) is 19.5 Å². The van der Waals surface area contributed by atoms with E-state index in [1.54, 1.807) is 6.20 Å². The summed E-state index contributed by atoms with van der Waals surface area (Å²) < 4.78 is 4.54. The number of hydrogen-bond donors (Lipinski definition) is 1. The Morgan fingerprint density at radius 2 is 2.16 bits per heavy atom. The Bertz CT molecular complexity index is 571. The average molecular weight is 259 g/mol. The second-order valence-corrected chi connectivity index (χ2v) is 3.73. The number of nitrogens with zero attached hydrogens (tertiary/aromatic N) is 4. The van der Waals surface area contributed by atoms with Crippen LogP contribution in [0.2, 0.25) is 0 Å². The Morgan fingerprint density at radius 1 is 1.32 bits per heavy atom. The first-order valence-electron chi connectivity index (χ1n) is 5.62. The molecular weight excluding hydrogens is 246 g/mol. The van der Waals surface area contributed by atoms with Crippen molar-refractivity contribution in [1.29, 1.82) is 0 Å². The third-order valence-electron chi connectivity index (χ3n) is 2.33. The fourth-order valence-corrected chi connectivity index (χ4v) is 1.41. The molecule has 0 aliphatic rings. The van der Waals surface area contributed by atoms with Gasteiger partial charge in [-0.15, -0.1) is 0 Å². The van der Waals surface area contributed by atoms with Crippen molar-refractivity contribution >= 4 is 11.8 Å². The van der Waals surface area contributed by atoms with E-state index in [0.717, 1.165) is 5.69 Å². The topological polar surface area (TPSA) is 89.9 Å². The second-order valence-electron chi connectivity index (χ2n) is 3.73. The highest BCUT2D eigenvalue weighted by Crippen LogP contribution is 2.04. The van der Waals surface area contributed by atoms with Gasteiger partial charge in [0.05, 0.1) is 31.7 Å². The highest BCUT2D eigenvalue weighted by molar-refractivity contribution is 5.86. The van der Waals surface area contributed by atoms with Crippen LogP contribution >= 0.6 is 0 Å². The molecule has 2 aromatic heterocycles. The Kier molecular flexibility index (Phi) is 3.97. The first-order valence-corrected chi connectivity index (χ1v) is 5.62. The smallest absolute Gasteiger partial charge is 0.358 e. The highest BCUT2D eigenvalue weighted by atomic mass is 16.5. The van der Waals surface area contributed by atoms with E-state index in [2.05, 4.69) is 30.0 Å². The molecule has 0 radical (unpaired) electrons. The number of rotatable bonds is 4. The number of anilines is 1. The number of carbonyl (C=O) groups is 1. The summed E-state index contributed by atoms with van der Waals surface area (Å²) in [7, 11) is 1.30. The van der Waals surface area contributed by atoms with Crippen molar-refractivity contribution in [3.8, 4) is 0 Å². The number of nitrogens with one attached hydrogen (secondary N) is 1. The molecule has 19 heavy (non-hydrogen) atoms. The van der Waals surface area contributed by atoms with E-state index < -0.39 is 5.97 Å². The maximum absolute atomic E-state index is 11.2. The molecule has 98 valence electrons. The molecule has 0 atom stereocenters. The van der Waals surface area contributed by atoms with Crippen LogP contribution < -0.4 is 5.32 Å². The Labute approximate surface area is 110 Å². The molecule has 0 bridgehead atoms. The number of ether oxygens (including phenoxy) is 1. The first-order chi connectivity index (χ1) is 9.19. The van der Waals surface area contributed by atoms with Gasteiger partial charge in [0.1, 0.15) is 11.6 Å². The minimum absolute atomic E-state index is 0.172. The summed E-state index contributed by atoms with van der Waals surface area (Å²) in [6, 6.07) is 1.82. The predicted molar refractivity (Wildman–Crippen MR) is 67.5 cm³/mol. The van der Waals surface area contributed by atoms with Crippen molar-refractivity contribution in [2.45, 2.75) is 13.5 Å². The zero-order valence-electron chi connectivity index (χ0n) is 10.6. The van der Waals surface area contributed by atoms with Crippen LogP contribution in [0.25, 0.3) is 0 Å². The molecule has 0 aliphatic carbocycles. The molecule has 0 amide bonds. The lowest BCUT2D eigenvalue weighted by atomic mass is 10.4. The fraction of sp³-hybridized carbons (Fsp3) is 0.250. The number of aromatic nitrogens is 4. The molecule has 0 aliphatic heterocycles. The number of carbonyl (C=O) groups excluding carboxylic acids is 1. The summed E-state index contributed by atoms with van der Waals surface area (Å²) in [4.78, 5) is 27.5. The van der Waals surface area contributed by atoms with E-state index in [-0.39, 0.29) is 5.69 Å². The summed E-state index contributed by atoms with van der Waals surface area (Å²) >= 11 is 0. The minimum Gasteiger partial charge on any atom is -0.464 e. The average Bonchev–Trinajstić information content (AvgIpc) is 2.45. The zero-order valence-corrected chi connectivity index (χ0v) is 10.6. The zero-order chi connectivity index (χ0) is 13.7. The molecule has 0 unspecified atom stereocenters. The molecule has 7 heteroatoms. The number of esters is 1. The van der Waals surface area contributed by atoms with Gasteiger partial charge in [-0.1, -0.05) is 0 Å². The Hall–Kier alpha value is -2.57. The Morgan fingerprint density at radius 3 is 2.79 bits per heavy atom. The summed E-state index contributed by atoms with van der Waals surface area (Å²) in [6.45, 7) is 2.34. The molecular formula is C12H13N5O2. The molecule has 1 N–H and O–H groups in total. The second kappa shape index (κ2) is 5.85. The van der Waals surface area contributed by atoms with Crippen LogP contribution in [0.15, 0.2) is 24.7 Å². The van der Waals surface area contributed by atoms with Crippen molar-refractivity contribution in [3.05, 3.63) is 41.9 Å². The van der Waals surface area contributed by atoms with Crippen molar-refractivity contribution in [3.63, 3.8) is 0 Å². The molecule has 2 heterocycles. The summed E-state index contributed by atoms with van der Waals surface area (Å²) in [5, 5.41) is 3.06. The SMILES string of the molecule is COC(=O)c1cnc(NCc2ccnc(C)n2)cn1. The van der Waals surface area contributed by atoms with Gasteiger partial charge in [0.2, 0.25) is 0 Å². The summed E-state index contributed by atoms with van der Waals surface area (Å²) in [6.07, 6.45) is 4.53. The number of hydrogen-bond acceptors (Lipinski definition) is 7. The van der Waals surface area contributed by atoms with E-state index in [0.29, 0.717) is 18.2 Å².